The van der Waals surface area contributed by atoms with Gasteiger partial charge in [-0.1, -0.05) is 26.0 Å². The Kier molecular flexibility index (Phi) is 3.73. The van der Waals surface area contributed by atoms with Crippen LogP contribution in [0.2, 0.25) is 0 Å². The normalized spacial score (nSPS) is 24.6. The Bertz CT molecular complexity index is 228. The van der Waals surface area contributed by atoms with Crippen LogP contribution in [0.1, 0.15) is 40.0 Å². The van der Waals surface area contributed by atoms with Crippen molar-refractivity contribution in [3.8, 4) is 0 Å². The zero-order chi connectivity index (χ0) is 10.6. The fourth-order valence-electron chi connectivity index (χ4n) is 1.74. The Morgan fingerprint density at radius 1 is 1.57 bits per heavy atom. The SMILES string of the molecule is CCOC(=O)CC1C=CC(C)(C)CC1. The van der Waals surface area contributed by atoms with Gasteiger partial charge in [-0.15, -0.1) is 0 Å². The molecule has 0 amide bonds. The van der Waals surface area contributed by atoms with Crippen LogP contribution in [-0.2, 0) is 9.53 Å². The minimum absolute atomic E-state index is 0.0677. The molecule has 0 radical (unpaired) electrons. The molecule has 0 heterocycles. The van der Waals surface area contributed by atoms with E-state index in [2.05, 4.69) is 26.0 Å². The highest BCUT2D eigenvalue weighted by atomic mass is 16.5. The second kappa shape index (κ2) is 4.63. The summed E-state index contributed by atoms with van der Waals surface area (Å²) in [5.41, 5.74) is 0.311. The molecule has 0 fully saturated rings. The van der Waals surface area contributed by atoms with Gasteiger partial charge in [0.25, 0.3) is 0 Å². The maximum absolute atomic E-state index is 11.2. The Balaban J connectivity index is 2.38. The molecule has 2 nitrogen and oxygen atoms in total. The number of ether oxygens (including phenoxy) is 1. The van der Waals surface area contributed by atoms with Gasteiger partial charge in [0.2, 0.25) is 0 Å². The topological polar surface area (TPSA) is 26.3 Å². The molecule has 0 aromatic rings. The number of rotatable bonds is 3. The lowest BCUT2D eigenvalue weighted by molar-refractivity contribution is -0.144. The molecule has 1 atom stereocenters. The van der Waals surface area contributed by atoms with Crippen molar-refractivity contribution >= 4 is 5.97 Å². The summed E-state index contributed by atoms with van der Waals surface area (Å²) < 4.78 is 4.92. The highest BCUT2D eigenvalue weighted by Gasteiger charge is 2.23. The van der Waals surface area contributed by atoms with Crippen molar-refractivity contribution in [2.24, 2.45) is 11.3 Å². The van der Waals surface area contributed by atoms with E-state index in [4.69, 9.17) is 4.74 Å². The third-order valence-corrected chi connectivity index (χ3v) is 2.71. The molecular formula is C12H20O2. The summed E-state index contributed by atoms with van der Waals surface area (Å²) in [4.78, 5) is 11.2. The van der Waals surface area contributed by atoms with Crippen molar-refractivity contribution in [3.63, 3.8) is 0 Å². The molecule has 1 aliphatic rings. The van der Waals surface area contributed by atoms with Crippen molar-refractivity contribution in [3.05, 3.63) is 12.2 Å². The number of allylic oxidation sites excluding steroid dienone is 2. The highest BCUT2D eigenvalue weighted by molar-refractivity contribution is 5.69. The molecule has 0 bridgehead atoms. The molecule has 0 aliphatic heterocycles. The summed E-state index contributed by atoms with van der Waals surface area (Å²) in [7, 11) is 0. The first-order valence-corrected chi connectivity index (χ1v) is 5.38. The summed E-state index contributed by atoms with van der Waals surface area (Å²) in [6.45, 7) is 6.78. The Labute approximate surface area is 86.3 Å². The Hall–Kier alpha value is -0.790. The van der Waals surface area contributed by atoms with Gasteiger partial charge in [-0.2, -0.15) is 0 Å². The zero-order valence-corrected chi connectivity index (χ0v) is 9.38. The van der Waals surface area contributed by atoms with Crippen molar-refractivity contribution in [2.75, 3.05) is 6.61 Å². The number of carbonyl (C=O) groups excluding carboxylic acids is 1. The predicted octanol–water partition coefficient (Wildman–Crippen LogP) is 2.93. The van der Waals surface area contributed by atoms with Crippen molar-refractivity contribution in [1.82, 2.24) is 0 Å². The van der Waals surface area contributed by atoms with E-state index in [1.807, 2.05) is 6.92 Å². The smallest absolute Gasteiger partial charge is 0.306 e. The highest BCUT2D eigenvalue weighted by Crippen LogP contribution is 2.33. The van der Waals surface area contributed by atoms with E-state index in [1.54, 1.807) is 0 Å². The van der Waals surface area contributed by atoms with Crippen LogP contribution in [0.3, 0.4) is 0 Å². The molecule has 0 aromatic carbocycles. The van der Waals surface area contributed by atoms with Gasteiger partial charge in [-0.25, -0.2) is 0 Å². The minimum Gasteiger partial charge on any atom is -0.466 e. The zero-order valence-electron chi connectivity index (χ0n) is 9.38. The maximum Gasteiger partial charge on any atom is 0.306 e. The molecule has 2 heteroatoms. The molecule has 0 spiro atoms. The predicted molar refractivity (Wildman–Crippen MR) is 56.9 cm³/mol. The second-order valence-corrected chi connectivity index (χ2v) is 4.66. The van der Waals surface area contributed by atoms with Crippen LogP contribution in [0.15, 0.2) is 12.2 Å². The molecule has 0 N–H and O–H groups in total. The second-order valence-electron chi connectivity index (χ2n) is 4.66. The lowest BCUT2D eigenvalue weighted by Crippen LogP contribution is -2.18. The third-order valence-electron chi connectivity index (χ3n) is 2.71. The van der Waals surface area contributed by atoms with Gasteiger partial charge in [0.1, 0.15) is 0 Å². The van der Waals surface area contributed by atoms with Gasteiger partial charge in [-0.05, 0) is 31.1 Å². The van der Waals surface area contributed by atoms with E-state index in [1.165, 1.54) is 0 Å². The number of hydrogen-bond acceptors (Lipinski definition) is 2. The van der Waals surface area contributed by atoms with E-state index < -0.39 is 0 Å². The molecule has 0 saturated carbocycles. The largest absolute Gasteiger partial charge is 0.466 e. The van der Waals surface area contributed by atoms with Crippen LogP contribution in [0, 0.1) is 11.3 Å². The van der Waals surface area contributed by atoms with Crippen LogP contribution in [0.4, 0.5) is 0 Å². The van der Waals surface area contributed by atoms with Crippen molar-refractivity contribution < 1.29 is 9.53 Å². The first-order chi connectivity index (χ1) is 6.53. The van der Waals surface area contributed by atoms with Gasteiger partial charge in [0.15, 0.2) is 0 Å². The molecule has 1 aliphatic carbocycles. The Morgan fingerprint density at radius 2 is 2.29 bits per heavy atom. The standard InChI is InChI=1S/C12H20O2/c1-4-14-11(13)9-10-5-7-12(2,3)8-6-10/h5,7,10H,4,6,8-9H2,1-3H3. The molecule has 14 heavy (non-hydrogen) atoms. The third kappa shape index (κ3) is 3.52. The summed E-state index contributed by atoms with van der Waals surface area (Å²) in [5, 5.41) is 0. The minimum atomic E-state index is -0.0677. The maximum atomic E-state index is 11.2. The first-order valence-electron chi connectivity index (χ1n) is 5.38. The fourth-order valence-corrected chi connectivity index (χ4v) is 1.74. The van der Waals surface area contributed by atoms with E-state index in [0.29, 0.717) is 24.4 Å². The number of hydrogen-bond donors (Lipinski definition) is 0. The lowest BCUT2D eigenvalue weighted by Gasteiger charge is -2.27. The molecule has 1 unspecified atom stereocenters. The summed E-state index contributed by atoms with van der Waals surface area (Å²) in [6.07, 6.45) is 7.19. The van der Waals surface area contributed by atoms with Gasteiger partial charge < -0.3 is 4.74 Å². The van der Waals surface area contributed by atoms with Crippen LogP contribution in [0.5, 0.6) is 0 Å². The molecule has 0 saturated heterocycles. The Morgan fingerprint density at radius 3 is 2.79 bits per heavy atom. The van der Waals surface area contributed by atoms with Gasteiger partial charge in [0, 0.05) is 0 Å². The fraction of sp³-hybridized carbons (Fsp3) is 0.750. The van der Waals surface area contributed by atoms with Gasteiger partial charge in [-0.3, -0.25) is 4.79 Å². The van der Waals surface area contributed by atoms with E-state index in [0.717, 1.165) is 12.8 Å². The molecular weight excluding hydrogens is 176 g/mol. The lowest BCUT2D eigenvalue weighted by atomic mass is 9.78. The number of carbonyl (C=O) groups is 1. The van der Waals surface area contributed by atoms with E-state index in [9.17, 15) is 4.79 Å². The average molecular weight is 196 g/mol. The van der Waals surface area contributed by atoms with Crippen molar-refractivity contribution in [1.29, 1.82) is 0 Å². The molecule has 80 valence electrons. The molecule has 1 rings (SSSR count). The van der Waals surface area contributed by atoms with Crippen LogP contribution < -0.4 is 0 Å². The van der Waals surface area contributed by atoms with Crippen LogP contribution >= 0.6 is 0 Å². The van der Waals surface area contributed by atoms with E-state index in [-0.39, 0.29) is 5.97 Å². The average Bonchev–Trinajstić information content (AvgIpc) is 2.09. The van der Waals surface area contributed by atoms with Crippen LogP contribution in [-0.4, -0.2) is 12.6 Å². The monoisotopic (exact) mass is 196 g/mol. The van der Waals surface area contributed by atoms with Gasteiger partial charge in [0.05, 0.1) is 13.0 Å². The van der Waals surface area contributed by atoms with Crippen LogP contribution in [0.25, 0.3) is 0 Å². The first kappa shape index (κ1) is 11.3. The number of esters is 1. The van der Waals surface area contributed by atoms with Gasteiger partial charge >= 0.3 is 5.97 Å². The summed E-state index contributed by atoms with van der Waals surface area (Å²) >= 11 is 0. The summed E-state index contributed by atoms with van der Waals surface area (Å²) in [5.74, 6) is 0.323. The van der Waals surface area contributed by atoms with E-state index >= 15 is 0 Å². The summed E-state index contributed by atoms with van der Waals surface area (Å²) in [6, 6.07) is 0. The van der Waals surface area contributed by atoms with Crippen molar-refractivity contribution in [2.45, 2.75) is 40.0 Å². The molecule has 0 aromatic heterocycles. The quantitative estimate of drug-likeness (QED) is 0.512.